The molecule has 0 saturated heterocycles. The number of primary amides is 1. The van der Waals surface area contributed by atoms with Gasteiger partial charge in [-0.05, 0) is 0 Å². The van der Waals surface area contributed by atoms with Crippen LogP contribution in [0.2, 0.25) is 0 Å². The minimum Gasteiger partial charge on any atom is -0.396 e. The van der Waals surface area contributed by atoms with Crippen LogP contribution in [-0.2, 0) is 0 Å². The Hall–Kier alpha value is -1.92. The van der Waals surface area contributed by atoms with Gasteiger partial charge in [0.2, 0.25) is 0 Å². The first-order chi connectivity index (χ1) is 6.45. The standard InChI is InChI=1S/C7H8F2N4O/c8-6(9)5-3(7(12)14)4(11)2(10)1-13-5/h1,6H,10H2,(H2,11,13)(H2,12,14). The van der Waals surface area contributed by atoms with Gasteiger partial charge in [0.05, 0.1) is 23.1 Å². The maximum absolute atomic E-state index is 12.3. The van der Waals surface area contributed by atoms with E-state index in [1.807, 2.05) is 0 Å². The fourth-order valence-corrected chi connectivity index (χ4v) is 0.980. The number of pyridine rings is 1. The molecule has 1 aromatic rings. The number of halogens is 2. The largest absolute Gasteiger partial charge is 0.396 e. The molecule has 1 rings (SSSR count). The van der Waals surface area contributed by atoms with Crippen LogP contribution in [0.3, 0.4) is 0 Å². The Morgan fingerprint density at radius 1 is 1.43 bits per heavy atom. The number of carbonyl (C=O) groups excluding carboxylic acids is 1. The molecule has 1 aromatic heterocycles. The van der Waals surface area contributed by atoms with E-state index in [-0.39, 0.29) is 11.4 Å². The van der Waals surface area contributed by atoms with Crippen molar-refractivity contribution in [2.45, 2.75) is 6.43 Å². The fourth-order valence-electron chi connectivity index (χ4n) is 0.980. The van der Waals surface area contributed by atoms with E-state index in [1.54, 1.807) is 0 Å². The molecule has 76 valence electrons. The van der Waals surface area contributed by atoms with Gasteiger partial charge in [-0.1, -0.05) is 0 Å². The molecule has 0 radical (unpaired) electrons. The van der Waals surface area contributed by atoms with Gasteiger partial charge in [-0.15, -0.1) is 0 Å². The number of anilines is 2. The molecule has 0 bridgehead atoms. The topological polar surface area (TPSA) is 108 Å². The average Bonchev–Trinajstić information content (AvgIpc) is 2.08. The molecule has 1 heterocycles. The van der Waals surface area contributed by atoms with E-state index < -0.39 is 23.6 Å². The van der Waals surface area contributed by atoms with Gasteiger partial charge in [0.1, 0.15) is 5.69 Å². The molecule has 14 heavy (non-hydrogen) atoms. The summed E-state index contributed by atoms with van der Waals surface area (Å²) in [6.45, 7) is 0. The second-order valence-corrected chi connectivity index (χ2v) is 2.55. The molecule has 7 heteroatoms. The van der Waals surface area contributed by atoms with Crippen LogP contribution in [0.4, 0.5) is 20.2 Å². The molecule has 0 saturated carbocycles. The third kappa shape index (κ3) is 1.56. The van der Waals surface area contributed by atoms with Crippen LogP contribution in [0.25, 0.3) is 0 Å². The summed E-state index contributed by atoms with van der Waals surface area (Å²) in [6.07, 6.45) is -1.95. The molecule has 0 atom stereocenters. The summed E-state index contributed by atoms with van der Waals surface area (Å²) in [5.74, 6) is -1.07. The zero-order chi connectivity index (χ0) is 10.9. The summed E-state index contributed by atoms with van der Waals surface area (Å²) < 4.78 is 24.7. The Kier molecular flexibility index (Phi) is 2.50. The van der Waals surface area contributed by atoms with Gasteiger partial charge in [-0.25, -0.2) is 8.78 Å². The number of hydrogen-bond donors (Lipinski definition) is 3. The lowest BCUT2D eigenvalue weighted by Gasteiger charge is -2.09. The highest BCUT2D eigenvalue weighted by Gasteiger charge is 2.22. The van der Waals surface area contributed by atoms with Crippen LogP contribution in [-0.4, -0.2) is 10.9 Å². The zero-order valence-electron chi connectivity index (χ0n) is 7.00. The van der Waals surface area contributed by atoms with Crippen molar-refractivity contribution in [3.63, 3.8) is 0 Å². The third-order valence-electron chi connectivity index (χ3n) is 1.63. The zero-order valence-corrected chi connectivity index (χ0v) is 7.00. The van der Waals surface area contributed by atoms with Gasteiger partial charge in [-0.3, -0.25) is 9.78 Å². The monoisotopic (exact) mass is 202 g/mol. The van der Waals surface area contributed by atoms with Gasteiger partial charge in [0.15, 0.2) is 0 Å². The number of amides is 1. The number of nitrogens with zero attached hydrogens (tertiary/aromatic N) is 1. The maximum Gasteiger partial charge on any atom is 0.281 e. The minimum atomic E-state index is -2.92. The average molecular weight is 202 g/mol. The number of nitrogen functional groups attached to an aromatic ring is 2. The summed E-state index contributed by atoms with van der Waals surface area (Å²) >= 11 is 0. The van der Waals surface area contributed by atoms with E-state index in [0.29, 0.717) is 0 Å². The van der Waals surface area contributed by atoms with E-state index in [4.69, 9.17) is 17.2 Å². The van der Waals surface area contributed by atoms with Crippen LogP contribution >= 0.6 is 0 Å². The van der Waals surface area contributed by atoms with Crippen LogP contribution in [0.15, 0.2) is 6.20 Å². The van der Waals surface area contributed by atoms with E-state index in [1.165, 1.54) is 0 Å². The van der Waals surface area contributed by atoms with Gasteiger partial charge >= 0.3 is 0 Å². The summed E-state index contributed by atoms with van der Waals surface area (Å²) in [4.78, 5) is 14.1. The summed E-state index contributed by atoms with van der Waals surface area (Å²) in [5, 5.41) is 0. The molecular weight excluding hydrogens is 194 g/mol. The molecule has 0 spiro atoms. The predicted octanol–water partition coefficient (Wildman–Crippen LogP) is 0.282. The van der Waals surface area contributed by atoms with Crippen molar-refractivity contribution in [1.82, 2.24) is 4.98 Å². The van der Waals surface area contributed by atoms with Crippen LogP contribution in [0, 0.1) is 0 Å². The lowest BCUT2D eigenvalue weighted by Crippen LogP contribution is -2.18. The summed E-state index contributed by atoms with van der Waals surface area (Å²) in [7, 11) is 0. The molecule has 5 nitrogen and oxygen atoms in total. The van der Waals surface area contributed by atoms with Crippen LogP contribution in [0.5, 0.6) is 0 Å². The van der Waals surface area contributed by atoms with Crippen molar-refractivity contribution in [2.24, 2.45) is 5.73 Å². The lowest BCUT2D eigenvalue weighted by atomic mass is 10.1. The molecular formula is C7H8F2N4O. The maximum atomic E-state index is 12.3. The van der Waals surface area contributed by atoms with Crippen molar-refractivity contribution >= 4 is 17.3 Å². The Morgan fingerprint density at radius 3 is 2.43 bits per heavy atom. The highest BCUT2D eigenvalue weighted by Crippen LogP contribution is 2.27. The molecule has 0 aliphatic heterocycles. The van der Waals surface area contributed by atoms with Gasteiger partial charge in [-0.2, -0.15) is 0 Å². The number of carbonyl (C=O) groups is 1. The van der Waals surface area contributed by atoms with Crippen LogP contribution in [0.1, 0.15) is 22.5 Å². The van der Waals surface area contributed by atoms with Gasteiger partial charge < -0.3 is 17.2 Å². The van der Waals surface area contributed by atoms with E-state index in [0.717, 1.165) is 6.20 Å². The number of alkyl halides is 2. The van der Waals surface area contributed by atoms with Crippen molar-refractivity contribution in [3.8, 4) is 0 Å². The SMILES string of the molecule is NC(=O)c1c(C(F)F)ncc(N)c1N. The van der Waals surface area contributed by atoms with E-state index in [2.05, 4.69) is 4.98 Å². The second kappa shape index (κ2) is 3.44. The Bertz CT molecular complexity index is 380. The molecule has 0 aromatic carbocycles. The molecule has 0 fully saturated rings. The number of nitrogens with two attached hydrogens (primary N) is 3. The molecule has 0 aliphatic carbocycles. The quantitative estimate of drug-likeness (QED) is 0.640. The lowest BCUT2D eigenvalue weighted by molar-refractivity contribution is 0.0984. The molecule has 1 amide bonds. The summed E-state index contributed by atoms with van der Waals surface area (Å²) in [5.41, 5.74) is 13.9. The van der Waals surface area contributed by atoms with E-state index >= 15 is 0 Å². The highest BCUT2D eigenvalue weighted by atomic mass is 19.3. The molecule has 0 unspecified atom stereocenters. The Labute approximate surface area is 77.9 Å². The van der Waals surface area contributed by atoms with Crippen LogP contribution < -0.4 is 17.2 Å². The predicted molar refractivity (Wildman–Crippen MR) is 46.5 cm³/mol. The highest BCUT2D eigenvalue weighted by molar-refractivity contribution is 6.01. The van der Waals surface area contributed by atoms with Gasteiger partial charge in [0, 0.05) is 0 Å². The fraction of sp³-hybridized carbons (Fsp3) is 0.143. The third-order valence-corrected chi connectivity index (χ3v) is 1.63. The first-order valence-electron chi connectivity index (χ1n) is 3.57. The molecule has 0 aliphatic rings. The smallest absolute Gasteiger partial charge is 0.281 e. The number of rotatable bonds is 2. The van der Waals surface area contributed by atoms with Crippen molar-refractivity contribution in [2.75, 3.05) is 11.5 Å². The Morgan fingerprint density at radius 2 is 2.00 bits per heavy atom. The normalized spacial score (nSPS) is 10.5. The summed E-state index contributed by atoms with van der Waals surface area (Å²) in [6, 6.07) is 0. The van der Waals surface area contributed by atoms with Crippen molar-refractivity contribution in [3.05, 3.63) is 17.5 Å². The molecule has 6 N–H and O–H groups in total. The van der Waals surface area contributed by atoms with Crippen molar-refractivity contribution in [1.29, 1.82) is 0 Å². The first kappa shape index (κ1) is 10.2. The van der Waals surface area contributed by atoms with E-state index in [9.17, 15) is 13.6 Å². The minimum absolute atomic E-state index is 0.0526. The first-order valence-corrected chi connectivity index (χ1v) is 3.57. The Balaban J connectivity index is 3.45. The number of hydrogen-bond acceptors (Lipinski definition) is 4. The van der Waals surface area contributed by atoms with Gasteiger partial charge in [0.25, 0.3) is 12.3 Å². The second-order valence-electron chi connectivity index (χ2n) is 2.55. The number of aromatic nitrogens is 1. The van der Waals surface area contributed by atoms with Crippen molar-refractivity contribution < 1.29 is 13.6 Å².